The van der Waals surface area contributed by atoms with Crippen LogP contribution >= 0.6 is 0 Å². The number of nitrogens with one attached hydrogen (secondary N) is 1. The molecule has 1 aromatic rings. The van der Waals surface area contributed by atoms with E-state index < -0.39 is 11.6 Å². The van der Waals surface area contributed by atoms with Crippen LogP contribution in [0.5, 0.6) is 0 Å². The van der Waals surface area contributed by atoms with Gasteiger partial charge in [-0.25, -0.2) is 8.78 Å². The number of hydrogen-bond donors (Lipinski definition) is 1. The molecule has 0 aromatic heterocycles. The quantitative estimate of drug-likeness (QED) is 0.784. The molecule has 3 nitrogen and oxygen atoms in total. The standard InChI is InChI=1S/C16H22F2N2O/c1-12(19-16(21)8-5-11-20(2)3)9-10-13-14(17)6-4-7-15(13)18/h4-8,12H,9-11H2,1-3H3,(H,19,21)/b8-5+. The minimum atomic E-state index is -0.542. The van der Waals surface area contributed by atoms with Crippen molar-refractivity contribution in [2.75, 3.05) is 20.6 Å². The molecule has 0 radical (unpaired) electrons. The van der Waals surface area contributed by atoms with Crippen LogP contribution in [-0.4, -0.2) is 37.5 Å². The molecular weight excluding hydrogens is 274 g/mol. The third kappa shape index (κ3) is 6.49. The van der Waals surface area contributed by atoms with Crippen molar-refractivity contribution in [1.29, 1.82) is 0 Å². The lowest BCUT2D eigenvalue weighted by atomic mass is 10.0. The molecule has 5 heteroatoms. The van der Waals surface area contributed by atoms with Crippen molar-refractivity contribution in [2.45, 2.75) is 25.8 Å². The highest BCUT2D eigenvalue weighted by atomic mass is 19.1. The molecule has 0 saturated heterocycles. The number of carbonyl (C=O) groups excluding carboxylic acids is 1. The van der Waals surface area contributed by atoms with E-state index in [9.17, 15) is 13.6 Å². The molecular formula is C16H22F2N2O. The summed E-state index contributed by atoms with van der Waals surface area (Å²) in [6.45, 7) is 2.50. The zero-order valence-corrected chi connectivity index (χ0v) is 12.7. The third-order valence-corrected chi connectivity index (χ3v) is 3.02. The Bertz CT molecular complexity index is 481. The average molecular weight is 296 g/mol. The molecule has 116 valence electrons. The van der Waals surface area contributed by atoms with E-state index in [-0.39, 0.29) is 23.9 Å². The first-order valence-corrected chi connectivity index (χ1v) is 6.94. The lowest BCUT2D eigenvalue weighted by Gasteiger charge is -2.13. The van der Waals surface area contributed by atoms with Crippen molar-refractivity contribution in [1.82, 2.24) is 10.2 Å². The summed E-state index contributed by atoms with van der Waals surface area (Å²) in [7, 11) is 3.82. The fourth-order valence-electron chi connectivity index (χ4n) is 1.87. The van der Waals surface area contributed by atoms with Crippen LogP contribution in [0.25, 0.3) is 0 Å². The Morgan fingerprint density at radius 1 is 1.33 bits per heavy atom. The molecule has 0 fully saturated rings. The molecule has 1 atom stereocenters. The van der Waals surface area contributed by atoms with Crippen molar-refractivity contribution >= 4 is 5.91 Å². The number of amides is 1. The third-order valence-electron chi connectivity index (χ3n) is 3.02. The Kier molecular flexibility index (Phi) is 7.02. The fraction of sp³-hybridized carbons (Fsp3) is 0.438. The molecule has 0 spiro atoms. The van der Waals surface area contributed by atoms with E-state index in [1.54, 1.807) is 6.08 Å². The van der Waals surface area contributed by atoms with Crippen molar-refractivity contribution in [2.24, 2.45) is 0 Å². The van der Waals surface area contributed by atoms with E-state index in [0.29, 0.717) is 13.0 Å². The highest BCUT2D eigenvalue weighted by Gasteiger charge is 2.11. The topological polar surface area (TPSA) is 32.3 Å². The first-order valence-electron chi connectivity index (χ1n) is 6.94. The zero-order chi connectivity index (χ0) is 15.8. The monoisotopic (exact) mass is 296 g/mol. The van der Waals surface area contributed by atoms with Crippen LogP contribution in [-0.2, 0) is 11.2 Å². The number of rotatable bonds is 7. The Morgan fingerprint density at radius 3 is 2.52 bits per heavy atom. The summed E-state index contributed by atoms with van der Waals surface area (Å²) < 4.78 is 26.9. The predicted octanol–water partition coefficient (Wildman–Crippen LogP) is 2.52. The van der Waals surface area contributed by atoms with Crippen LogP contribution in [0.1, 0.15) is 18.9 Å². The average Bonchev–Trinajstić information content (AvgIpc) is 2.37. The van der Waals surface area contributed by atoms with Gasteiger partial charge in [0.05, 0.1) is 0 Å². The van der Waals surface area contributed by atoms with E-state index in [0.717, 1.165) is 0 Å². The fourth-order valence-corrected chi connectivity index (χ4v) is 1.87. The summed E-state index contributed by atoms with van der Waals surface area (Å²) in [5.74, 6) is -1.28. The molecule has 0 aliphatic rings. The van der Waals surface area contributed by atoms with Gasteiger partial charge in [0, 0.05) is 24.2 Å². The van der Waals surface area contributed by atoms with Gasteiger partial charge in [0.1, 0.15) is 11.6 Å². The van der Waals surface area contributed by atoms with E-state index in [2.05, 4.69) is 5.32 Å². The van der Waals surface area contributed by atoms with E-state index in [4.69, 9.17) is 0 Å². The first kappa shape index (κ1) is 17.3. The minimum Gasteiger partial charge on any atom is -0.350 e. The van der Waals surface area contributed by atoms with Crippen LogP contribution in [0.2, 0.25) is 0 Å². The molecule has 0 aliphatic heterocycles. The van der Waals surface area contributed by atoms with Gasteiger partial charge in [0.25, 0.3) is 0 Å². The van der Waals surface area contributed by atoms with Crippen molar-refractivity contribution in [3.8, 4) is 0 Å². The van der Waals surface area contributed by atoms with E-state index >= 15 is 0 Å². The SMILES string of the molecule is CC(CCc1c(F)cccc1F)NC(=O)/C=C/CN(C)C. The summed E-state index contributed by atoms with van der Waals surface area (Å²) in [6, 6.07) is 3.67. The van der Waals surface area contributed by atoms with Gasteiger partial charge in [-0.3, -0.25) is 4.79 Å². The van der Waals surface area contributed by atoms with Crippen LogP contribution in [0, 0.1) is 11.6 Å². The number of carbonyl (C=O) groups is 1. The Hall–Kier alpha value is -1.75. The maximum Gasteiger partial charge on any atom is 0.243 e. The van der Waals surface area contributed by atoms with Crippen molar-refractivity contribution < 1.29 is 13.6 Å². The second-order valence-electron chi connectivity index (χ2n) is 5.31. The Labute approximate surface area is 124 Å². The lowest BCUT2D eigenvalue weighted by Crippen LogP contribution is -2.31. The summed E-state index contributed by atoms with van der Waals surface area (Å²) in [5.41, 5.74) is 0.0711. The molecule has 1 unspecified atom stereocenters. The molecule has 0 aliphatic carbocycles. The maximum atomic E-state index is 13.5. The van der Waals surface area contributed by atoms with Gasteiger partial charge in [-0.15, -0.1) is 0 Å². The van der Waals surface area contributed by atoms with Gasteiger partial charge >= 0.3 is 0 Å². The van der Waals surface area contributed by atoms with Crippen LogP contribution in [0.3, 0.4) is 0 Å². The number of benzene rings is 1. The van der Waals surface area contributed by atoms with Crippen LogP contribution in [0.15, 0.2) is 30.4 Å². The number of nitrogens with zero attached hydrogens (tertiary/aromatic N) is 1. The summed E-state index contributed by atoms with van der Waals surface area (Å²) in [5, 5.41) is 2.77. The summed E-state index contributed by atoms with van der Waals surface area (Å²) in [4.78, 5) is 13.6. The number of halogens is 2. The second kappa shape index (κ2) is 8.52. The Morgan fingerprint density at radius 2 is 1.95 bits per heavy atom. The Balaban J connectivity index is 2.42. The molecule has 0 heterocycles. The minimum absolute atomic E-state index is 0.0711. The van der Waals surface area contributed by atoms with Gasteiger partial charge in [-0.2, -0.15) is 0 Å². The molecule has 1 rings (SSSR count). The van der Waals surface area contributed by atoms with E-state index in [1.165, 1.54) is 24.3 Å². The highest BCUT2D eigenvalue weighted by molar-refractivity contribution is 5.87. The van der Waals surface area contributed by atoms with Gasteiger partial charge in [-0.05, 0) is 46.0 Å². The zero-order valence-electron chi connectivity index (χ0n) is 12.7. The highest BCUT2D eigenvalue weighted by Crippen LogP contribution is 2.14. The molecule has 21 heavy (non-hydrogen) atoms. The molecule has 0 saturated carbocycles. The summed E-state index contributed by atoms with van der Waals surface area (Å²) in [6.07, 6.45) is 3.96. The molecule has 1 amide bonds. The number of likely N-dealkylation sites (N-methyl/N-ethyl adjacent to an activating group) is 1. The molecule has 0 bridgehead atoms. The smallest absolute Gasteiger partial charge is 0.243 e. The van der Waals surface area contributed by atoms with Gasteiger partial charge in [0.2, 0.25) is 5.91 Å². The van der Waals surface area contributed by atoms with Gasteiger partial charge in [0.15, 0.2) is 0 Å². The lowest BCUT2D eigenvalue weighted by molar-refractivity contribution is -0.117. The van der Waals surface area contributed by atoms with Gasteiger partial charge in [-0.1, -0.05) is 12.1 Å². The molecule has 1 aromatic carbocycles. The van der Waals surface area contributed by atoms with Crippen molar-refractivity contribution in [3.63, 3.8) is 0 Å². The normalized spacial score (nSPS) is 12.9. The predicted molar refractivity (Wildman–Crippen MR) is 80.0 cm³/mol. The maximum absolute atomic E-state index is 13.5. The second-order valence-corrected chi connectivity index (χ2v) is 5.31. The van der Waals surface area contributed by atoms with Crippen LogP contribution in [0.4, 0.5) is 8.78 Å². The number of hydrogen-bond acceptors (Lipinski definition) is 2. The van der Waals surface area contributed by atoms with Crippen LogP contribution < -0.4 is 5.32 Å². The first-order chi connectivity index (χ1) is 9.90. The largest absolute Gasteiger partial charge is 0.350 e. The van der Waals surface area contributed by atoms with Gasteiger partial charge < -0.3 is 10.2 Å². The van der Waals surface area contributed by atoms with E-state index in [1.807, 2.05) is 25.9 Å². The molecule has 1 N–H and O–H groups in total. The van der Waals surface area contributed by atoms with Crippen molar-refractivity contribution in [3.05, 3.63) is 47.5 Å². The summed E-state index contributed by atoms with van der Waals surface area (Å²) >= 11 is 0.